The van der Waals surface area contributed by atoms with Gasteiger partial charge in [-0.2, -0.15) is 12.1 Å². The van der Waals surface area contributed by atoms with Gasteiger partial charge in [-0.15, -0.1) is 5.56 Å². The van der Waals surface area contributed by atoms with Gasteiger partial charge < -0.3 is 9.88 Å². The first kappa shape index (κ1) is 14.8. The Kier molecular flexibility index (Phi) is 5.74. The van der Waals surface area contributed by atoms with Gasteiger partial charge in [0.2, 0.25) is 5.91 Å². The Morgan fingerprint density at radius 1 is 1.65 bits per heavy atom. The van der Waals surface area contributed by atoms with Crippen molar-refractivity contribution in [1.82, 2.24) is 9.88 Å². The molecule has 17 heavy (non-hydrogen) atoms. The second kappa shape index (κ2) is 6.60. The Balaban J connectivity index is 0.00000144. The van der Waals surface area contributed by atoms with Crippen LogP contribution in [0.1, 0.15) is 31.0 Å². The van der Waals surface area contributed by atoms with Gasteiger partial charge in [0.1, 0.15) is 0 Å². The van der Waals surface area contributed by atoms with Gasteiger partial charge in [0.25, 0.3) is 0 Å². The number of amides is 1. The van der Waals surface area contributed by atoms with Gasteiger partial charge in [-0.1, -0.05) is 18.8 Å². The summed E-state index contributed by atoms with van der Waals surface area (Å²) in [6, 6.07) is 5.28. The number of hydrogen-bond donors (Lipinski definition) is 0. The van der Waals surface area contributed by atoms with E-state index in [1.165, 1.54) is 0 Å². The first-order chi connectivity index (χ1) is 7.66. The van der Waals surface area contributed by atoms with E-state index in [-0.39, 0.29) is 38.6 Å². The third-order valence-electron chi connectivity index (χ3n) is 3.10. The maximum atomic E-state index is 12.0. The zero-order chi connectivity index (χ0) is 11.5. The minimum atomic E-state index is 0. The van der Waals surface area contributed by atoms with Crippen molar-refractivity contribution in [2.24, 2.45) is 0 Å². The van der Waals surface area contributed by atoms with E-state index in [1.54, 1.807) is 6.20 Å². The van der Waals surface area contributed by atoms with Crippen molar-refractivity contribution in [3.05, 3.63) is 29.6 Å². The fourth-order valence-corrected chi connectivity index (χ4v) is 2.11. The van der Waals surface area contributed by atoms with Crippen LogP contribution in [0.4, 0.5) is 0 Å². The van der Waals surface area contributed by atoms with Gasteiger partial charge in [-0.25, -0.2) is 0 Å². The van der Waals surface area contributed by atoms with Crippen molar-refractivity contribution >= 4 is 5.91 Å². The number of carbonyl (C=O) groups excluding carboxylic acids is 1. The topological polar surface area (TPSA) is 33.2 Å². The zero-order valence-corrected chi connectivity index (χ0v) is 13.3. The maximum Gasteiger partial charge on any atom is 0.217 e. The summed E-state index contributed by atoms with van der Waals surface area (Å²) in [6.45, 7) is 4.95. The fourth-order valence-electron chi connectivity index (χ4n) is 2.11. The summed E-state index contributed by atoms with van der Waals surface area (Å²) in [7, 11) is 0. The van der Waals surface area contributed by atoms with Gasteiger partial charge in [-0.3, -0.25) is 4.79 Å². The quantitative estimate of drug-likeness (QED) is 0.780. The number of aromatic nitrogens is 1. The molecule has 1 aromatic heterocycles. The molecular weight excluding hydrogens is 289 g/mol. The molecule has 0 aliphatic carbocycles. The molecule has 1 radical (unpaired) electrons. The van der Waals surface area contributed by atoms with Gasteiger partial charge >= 0.3 is 0 Å². The average Bonchev–Trinajstić information content (AvgIpc) is 2.68. The second-order valence-corrected chi connectivity index (χ2v) is 4.48. The van der Waals surface area contributed by atoms with Gasteiger partial charge in [0, 0.05) is 51.7 Å². The molecule has 1 aliphatic heterocycles. The van der Waals surface area contributed by atoms with Crippen molar-refractivity contribution in [3.63, 3.8) is 0 Å². The third kappa shape index (κ3) is 3.85. The molecule has 1 aliphatic rings. The summed E-state index contributed by atoms with van der Waals surface area (Å²) in [6.07, 6.45) is 4.41. The third-order valence-corrected chi connectivity index (χ3v) is 3.10. The summed E-state index contributed by atoms with van der Waals surface area (Å²) in [5.41, 5.74) is 1.82. The van der Waals surface area contributed by atoms with Crippen LogP contribution in [0.3, 0.4) is 0 Å². The van der Waals surface area contributed by atoms with Gasteiger partial charge in [-0.05, 0) is 19.8 Å². The van der Waals surface area contributed by atoms with E-state index in [0.29, 0.717) is 12.5 Å². The van der Waals surface area contributed by atoms with E-state index in [0.717, 1.165) is 30.6 Å². The van der Waals surface area contributed by atoms with E-state index in [4.69, 9.17) is 0 Å². The van der Waals surface area contributed by atoms with E-state index in [1.807, 2.05) is 17.9 Å². The number of nitrogens with zero attached hydrogens (tertiary/aromatic N) is 2. The number of rotatable bonds is 2. The van der Waals surface area contributed by atoms with Gasteiger partial charge in [0.15, 0.2) is 0 Å². The van der Waals surface area contributed by atoms with Crippen LogP contribution in [0, 0.1) is 13.0 Å². The molecule has 3 nitrogen and oxygen atoms in total. The number of likely N-dealkylation sites (tertiary alicyclic amines) is 1. The molecule has 2 rings (SSSR count). The molecule has 89 valence electrons. The molecule has 1 aromatic rings. The van der Waals surface area contributed by atoms with Crippen molar-refractivity contribution in [2.75, 3.05) is 6.54 Å². The molecule has 1 fully saturated rings. The molecule has 0 aromatic carbocycles. The molecule has 1 atom stereocenters. The molecule has 0 spiro atoms. The minimum absolute atomic E-state index is 0. The Morgan fingerprint density at radius 3 is 2.94 bits per heavy atom. The number of carbonyl (C=O) groups is 1. The van der Waals surface area contributed by atoms with Crippen LogP contribution in [-0.2, 0) is 43.9 Å². The Labute approximate surface area is 128 Å². The van der Waals surface area contributed by atoms with Crippen LogP contribution >= 0.6 is 0 Å². The van der Waals surface area contributed by atoms with Crippen LogP contribution in [0.25, 0.3) is 0 Å². The van der Waals surface area contributed by atoms with E-state index < -0.39 is 0 Å². The fraction of sp³-hybridized carbons (Fsp3) is 0.538. The van der Waals surface area contributed by atoms with Crippen molar-refractivity contribution < 1.29 is 37.5 Å². The van der Waals surface area contributed by atoms with Crippen LogP contribution in [0.5, 0.6) is 0 Å². The first-order valence-corrected chi connectivity index (χ1v) is 5.79. The largest absolute Gasteiger partial charge is 0.387 e. The van der Waals surface area contributed by atoms with E-state index in [9.17, 15) is 4.79 Å². The SMILES string of the molecule is Cc1[c-]cc(CC(=O)N2CCCC2C)nc1.[Y]. The van der Waals surface area contributed by atoms with Crippen LogP contribution in [0.2, 0.25) is 0 Å². The molecule has 4 heteroatoms. The molecule has 2 heterocycles. The molecule has 1 unspecified atom stereocenters. The molecular formula is C13H17N2OY-. The molecule has 0 bridgehead atoms. The first-order valence-electron chi connectivity index (χ1n) is 5.79. The minimum Gasteiger partial charge on any atom is -0.387 e. The number of aryl methyl sites for hydroxylation is 1. The van der Waals surface area contributed by atoms with Crippen molar-refractivity contribution in [3.8, 4) is 0 Å². The molecule has 1 amide bonds. The maximum absolute atomic E-state index is 12.0. The number of pyridine rings is 1. The normalized spacial score (nSPS) is 18.9. The van der Waals surface area contributed by atoms with Crippen molar-refractivity contribution in [1.29, 1.82) is 0 Å². The molecule has 0 saturated carbocycles. The average molecular weight is 306 g/mol. The predicted molar refractivity (Wildman–Crippen MR) is 61.9 cm³/mol. The summed E-state index contributed by atoms with van der Waals surface area (Å²) in [4.78, 5) is 18.2. The Hall–Kier alpha value is -0.276. The number of hydrogen-bond acceptors (Lipinski definition) is 2. The molecule has 0 N–H and O–H groups in total. The summed E-state index contributed by atoms with van der Waals surface area (Å²) in [5, 5.41) is 0. The van der Waals surface area contributed by atoms with E-state index in [2.05, 4.69) is 18.0 Å². The summed E-state index contributed by atoms with van der Waals surface area (Å²) in [5.74, 6) is 0.190. The zero-order valence-electron chi connectivity index (χ0n) is 10.4. The van der Waals surface area contributed by atoms with Crippen LogP contribution in [-0.4, -0.2) is 28.4 Å². The van der Waals surface area contributed by atoms with Gasteiger partial charge in [0.05, 0.1) is 0 Å². The second-order valence-electron chi connectivity index (χ2n) is 4.48. The Bertz CT molecular complexity index is 378. The predicted octanol–water partition coefficient (Wildman–Crippen LogP) is 1.74. The summed E-state index contributed by atoms with van der Waals surface area (Å²) < 4.78 is 0. The van der Waals surface area contributed by atoms with Crippen molar-refractivity contribution in [2.45, 2.75) is 39.2 Å². The Morgan fingerprint density at radius 2 is 2.41 bits per heavy atom. The standard InChI is InChI=1S/C13H17N2O.Y/c1-10-5-6-12(14-9-10)8-13(16)15-7-3-4-11(15)2;/h6,9,11H,3-4,7-8H2,1-2H3;/q-1;. The monoisotopic (exact) mass is 306 g/mol. The van der Waals surface area contributed by atoms with Crippen LogP contribution in [0.15, 0.2) is 12.3 Å². The summed E-state index contributed by atoms with van der Waals surface area (Å²) >= 11 is 0. The molecule has 1 saturated heterocycles. The smallest absolute Gasteiger partial charge is 0.217 e. The van der Waals surface area contributed by atoms with E-state index >= 15 is 0 Å². The van der Waals surface area contributed by atoms with Crippen LogP contribution < -0.4 is 0 Å².